The van der Waals surface area contributed by atoms with Crippen molar-refractivity contribution in [3.63, 3.8) is 0 Å². The highest BCUT2D eigenvalue weighted by Crippen LogP contribution is 2.34. The van der Waals surface area contributed by atoms with Gasteiger partial charge >= 0.3 is 6.18 Å². The summed E-state index contributed by atoms with van der Waals surface area (Å²) in [4.78, 5) is 19.8. The number of nitrogens with one attached hydrogen (secondary N) is 1. The summed E-state index contributed by atoms with van der Waals surface area (Å²) >= 11 is 0.557. The Morgan fingerprint density at radius 3 is 2.62 bits per heavy atom. The SMILES string of the molecule is O=C(CCN1CCN(c2nnc(C(F)(F)F)s2)CC1)Nc1cccnc1. The number of hydrogen-bond donors (Lipinski definition) is 1. The molecule has 2 aromatic heterocycles. The lowest BCUT2D eigenvalue weighted by Gasteiger charge is -2.34. The molecule has 3 rings (SSSR count). The Morgan fingerprint density at radius 1 is 1.23 bits per heavy atom. The van der Waals surface area contributed by atoms with Crippen molar-refractivity contribution in [3.8, 4) is 0 Å². The van der Waals surface area contributed by atoms with Gasteiger partial charge in [0.2, 0.25) is 16.0 Å². The second kappa shape index (κ2) is 7.96. The second-order valence-electron chi connectivity index (χ2n) is 5.76. The van der Waals surface area contributed by atoms with Crippen molar-refractivity contribution in [1.29, 1.82) is 0 Å². The van der Waals surface area contributed by atoms with Crippen molar-refractivity contribution in [1.82, 2.24) is 20.1 Å². The van der Waals surface area contributed by atoms with Crippen LogP contribution in [0.4, 0.5) is 24.0 Å². The maximum Gasteiger partial charge on any atom is 0.445 e. The fourth-order valence-electron chi connectivity index (χ4n) is 2.54. The molecule has 1 amide bonds. The number of piperazine rings is 1. The van der Waals surface area contributed by atoms with Gasteiger partial charge in [-0.2, -0.15) is 13.2 Å². The number of alkyl halides is 3. The smallest absolute Gasteiger partial charge is 0.344 e. The molecule has 0 saturated carbocycles. The first-order chi connectivity index (χ1) is 12.4. The average Bonchev–Trinajstić information content (AvgIpc) is 3.12. The number of nitrogens with zero attached hydrogens (tertiary/aromatic N) is 5. The molecule has 0 radical (unpaired) electrons. The van der Waals surface area contributed by atoms with Crippen LogP contribution in [0.3, 0.4) is 0 Å². The van der Waals surface area contributed by atoms with Crippen LogP contribution < -0.4 is 10.2 Å². The Bertz CT molecular complexity index is 730. The number of hydrogen-bond acceptors (Lipinski definition) is 7. The fraction of sp³-hybridized carbons (Fsp3) is 0.467. The number of carbonyl (C=O) groups excluding carboxylic acids is 1. The molecule has 0 aromatic carbocycles. The van der Waals surface area contributed by atoms with Gasteiger partial charge in [0.1, 0.15) is 0 Å². The lowest BCUT2D eigenvalue weighted by molar-refractivity contribution is -0.138. The maximum absolute atomic E-state index is 12.6. The van der Waals surface area contributed by atoms with Gasteiger partial charge in [-0.1, -0.05) is 11.3 Å². The van der Waals surface area contributed by atoms with Crippen molar-refractivity contribution in [3.05, 3.63) is 29.5 Å². The van der Waals surface area contributed by atoms with E-state index < -0.39 is 11.2 Å². The molecule has 26 heavy (non-hydrogen) atoms. The van der Waals surface area contributed by atoms with Gasteiger partial charge in [0.15, 0.2) is 0 Å². The normalized spacial score (nSPS) is 15.9. The Hall–Kier alpha value is -2.27. The molecule has 2 aromatic rings. The summed E-state index contributed by atoms with van der Waals surface area (Å²) in [7, 11) is 0. The zero-order valence-electron chi connectivity index (χ0n) is 13.7. The first kappa shape index (κ1) is 18.5. The van der Waals surface area contributed by atoms with Crippen molar-refractivity contribution < 1.29 is 18.0 Å². The molecule has 7 nitrogen and oxygen atoms in total. The van der Waals surface area contributed by atoms with Crippen LogP contribution in [0, 0.1) is 0 Å². The molecule has 1 aliphatic rings. The summed E-state index contributed by atoms with van der Waals surface area (Å²) in [5.41, 5.74) is 0.652. The molecular weight excluding hydrogens is 369 g/mol. The minimum Gasteiger partial charge on any atom is -0.344 e. The van der Waals surface area contributed by atoms with Crippen molar-refractivity contribution in [2.75, 3.05) is 42.9 Å². The zero-order chi connectivity index (χ0) is 18.6. The van der Waals surface area contributed by atoms with E-state index in [0.29, 0.717) is 56.2 Å². The molecule has 0 unspecified atom stereocenters. The molecule has 11 heteroatoms. The fourth-order valence-corrected chi connectivity index (χ4v) is 3.30. The van der Waals surface area contributed by atoms with Crippen LogP contribution in [0.5, 0.6) is 0 Å². The summed E-state index contributed by atoms with van der Waals surface area (Å²) in [6.45, 7) is 3.00. The lowest BCUT2D eigenvalue weighted by Crippen LogP contribution is -2.47. The Kier molecular flexibility index (Phi) is 5.67. The van der Waals surface area contributed by atoms with Gasteiger partial charge in [-0.3, -0.25) is 14.7 Å². The number of aromatic nitrogens is 3. The van der Waals surface area contributed by atoms with Crippen molar-refractivity contribution in [2.24, 2.45) is 0 Å². The van der Waals surface area contributed by atoms with Gasteiger partial charge in [-0.25, -0.2) is 0 Å². The van der Waals surface area contributed by atoms with Gasteiger partial charge < -0.3 is 10.2 Å². The Balaban J connectivity index is 1.42. The van der Waals surface area contributed by atoms with E-state index in [0.717, 1.165) is 0 Å². The van der Waals surface area contributed by atoms with Crippen LogP contribution in [-0.2, 0) is 11.0 Å². The van der Waals surface area contributed by atoms with Gasteiger partial charge in [-0.05, 0) is 12.1 Å². The summed E-state index contributed by atoms with van der Waals surface area (Å²) < 4.78 is 37.8. The van der Waals surface area contributed by atoms with E-state index in [4.69, 9.17) is 0 Å². The third kappa shape index (κ3) is 4.88. The number of halogens is 3. The van der Waals surface area contributed by atoms with Crippen molar-refractivity contribution >= 4 is 28.1 Å². The molecule has 140 valence electrons. The van der Waals surface area contributed by atoms with E-state index in [1.807, 2.05) is 0 Å². The highest BCUT2D eigenvalue weighted by atomic mass is 32.1. The number of pyridine rings is 1. The van der Waals surface area contributed by atoms with Crippen LogP contribution in [0.15, 0.2) is 24.5 Å². The standard InChI is InChI=1S/C15H17F3N6OS/c16-15(17,18)13-21-22-14(26-13)24-8-6-23(7-9-24)5-3-12(25)20-11-2-1-4-19-10-11/h1-2,4,10H,3,5-9H2,(H,20,25). The number of rotatable bonds is 5. The first-order valence-electron chi connectivity index (χ1n) is 8.00. The molecule has 1 N–H and O–H groups in total. The third-order valence-electron chi connectivity index (χ3n) is 3.90. The van der Waals surface area contributed by atoms with Gasteiger partial charge in [-0.15, -0.1) is 10.2 Å². The third-order valence-corrected chi connectivity index (χ3v) is 4.93. The second-order valence-corrected chi connectivity index (χ2v) is 6.71. The van der Waals surface area contributed by atoms with Gasteiger partial charge in [0.25, 0.3) is 0 Å². The van der Waals surface area contributed by atoms with Crippen LogP contribution >= 0.6 is 11.3 Å². The van der Waals surface area contributed by atoms with E-state index in [-0.39, 0.29) is 11.0 Å². The van der Waals surface area contributed by atoms with Crippen molar-refractivity contribution in [2.45, 2.75) is 12.6 Å². The molecule has 0 aliphatic carbocycles. The molecule has 1 saturated heterocycles. The molecule has 0 spiro atoms. The summed E-state index contributed by atoms with van der Waals surface area (Å²) in [5, 5.41) is 8.98. The Morgan fingerprint density at radius 2 is 2.00 bits per heavy atom. The molecule has 0 atom stereocenters. The summed E-state index contributed by atoms with van der Waals surface area (Å²) in [5.74, 6) is -0.0978. The topological polar surface area (TPSA) is 74.2 Å². The summed E-state index contributed by atoms with van der Waals surface area (Å²) in [6.07, 6.45) is -0.913. The predicted molar refractivity (Wildman–Crippen MR) is 91.0 cm³/mol. The quantitative estimate of drug-likeness (QED) is 0.848. The molecule has 1 fully saturated rings. The lowest BCUT2D eigenvalue weighted by atomic mass is 10.3. The molecule has 0 bridgehead atoms. The monoisotopic (exact) mass is 386 g/mol. The summed E-state index contributed by atoms with van der Waals surface area (Å²) in [6, 6.07) is 3.51. The average molecular weight is 386 g/mol. The molecular formula is C15H17F3N6OS. The Labute approximate surface area is 151 Å². The predicted octanol–water partition coefficient (Wildman–Crippen LogP) is 2.10. The highest BCUT2D eigenvalue weighted by molar-refractivity contribution is 7.15. The minimum absolute atomic E-state index is 0.0978. The number of anilines is 2. The zero-order valence-corrected chi connectivity index (χ0v) is 14.6. The minimum atomic E-state index is -4.46. The molecule has 3 heterocycles. The van der Waals surface area contributed by atoms with Crippen LogP contribution in [0.1, 0.15) is 11.4 Å². The molecule has 1 aliphatic heterocycles. The van der Waals surface area contributed by atoms with Crippen LogP contribution in [0.25, 0.3) is 0 Å². The van der Waals surface area contributed by atoms with Crippen LogP contribution in [-0.4, -0.2) is 58.7 Å². The largest absolute Gasteiger partial charge is 0.445 e. The van der Waals surface area contributed by atoms with E-state index in [2.05, 4.69) is 25.4 Å². The maximum atomic E-state index is 12.6. The number of amides is 1. The van der Waals surface area contributed by atoms with E-state index >= 15 is 0 Å². The van der Waals surface area contributed by atoms with E-state index in [1.54, 1.807) is 29.4 Å². The highest BCUT2D eigenvalue weighted by Gasteiger charge is 2.36. The van der Waals surface area contributed by atoms with Crippen LogP contribution in [0.2, 0.25) is 0 Å². The van der Waals surface area contributed by atoms with E-state index in [1.165, 1.54) is 0 Å². The van der Waals surface area contributed by atoms with Gasteiger partial charge in [0.05, 0.1) is 11.9 Å². The van der Waals surface area contributed by atoms with E-state index in [9.17, 15) is 18.0 Å². The first-order valence-corrected chi connectivity index (χ1v) is 8.81. The van der Waals surface area contributed by atoms with Gasteiger partial charge in [0, 0.05) is 45.3 Å². The number of carbonyl (C=O) groups is 1.